The Morgan fingerprint density at radius 3 is 2.58 bits per heavy atom. The first-order chi connectivity index (χ1) is 15.8. The zero-order valence-electron chi connectivity index (χ0n) is 16.9. The molecule has 0 saturated heterocycles. The Hall–Kier alpha value is -4.47. The minimum absolute atomic E-state index is 0.0746. The maximum absolute atomic E-state index is 13.0. The molecule has 33 heavy (non-hydrogen) atoms. The lowest BCUT2D eigenvalue weighted by molar-refractivity contribution is -0.137. The van der Waals surface area contributed by atoms with E-state index in [0.717, 1.165) is 12.1 Å². The molecular weight excluding hydrogens is 435 g/mol. The standard InChI is InChI=1S/C23H16F3N5O2/c24-23(25,26)15-10-16(27)12-17(11-15)31-21(32)14-3-1-4-18(9-14)33-22-19(5-2-7-29-22)20-6-8-28-13-30-20/h1-13H,27H2,(H,31,32). The summed E-state index contributed by atoms with van der Waals surface area (Å²) in [5, 5.41) is 2.43. The highest BCUT2D eigenvalue weighted by Gasteiger charge is 2.31. The minimum Gasteiger partial charge on any atom is -0.438 e. The van der Waals surface area contributed by atoms with Crippen molar-refractivity contribution in [2.24, 2.45) is 0 Å². The minimum atomic E-state index is -4.59. The van der Waals surface area contributed by atoms with Gasteiger partial charge in [-0.15, -0.1) is 0 Å². The van der Waals surface area contributed by atoms with Crippen LogP contribution in [-0.4, -0.2) is 20.9 Å². The number of aromatic nitrogens is 3. The Morgan fingerprint density at radius 2 is 1.82 bits per heavy atom. The van der Waals surface area contributed by atoms with Gasteiger partial charge in [-0.1, -0.05) is 6.07 Å². The molecular formula is C23H16F3N5O2. The van der Waals surface area contributed by atoms with Gasteiger partial charge in [0.1, 0.15) is 12.1 Å². The number of anilines is 2. The number of benzene rings is 2. The predicted octanol–water partition coefficient (Wildman–Crippen LogP) is 5.18. The van der Waals surface area contributed by atoms with Crippen LogP contribution in [0.4, 0.5) is 24.5 Å². The van der Waals surface area contributed by atoms with Gasteiger partial charge in [0.05, 0.1) is 16.8 Å². The number of rotatable bonds is 5. The molecule has 10 heteroatoms. The second kappa shape index (κ2) is 8.95. The Kier molecular flexibility index (Phi) is 5.90. The van der Waals surface area contributed by atoms with E-state index < -0.39 is 17.6 Å². The summed E-state index contributed by atoms with van der Waals surface area (Å²) in [4.78, 5) is 25.0. The highest BCUT2D eigenvalue weighted by atomic mass is 19.4. The maximum atomic E-state index is 13.0. The summed E-state index contributed by atoms with van der Waals surface area (Å²) in [7, 11) is 0. The van der Waals surface area contributed by atoms with Crippen LogP contribution in [-0.2, 0) is 6.18 Å². The molecule has 2 aromatic heterocycles. The van der Waals surface area contributed by atoms with Crippen LogP contribution in [0, 0.1) is 0 Å². The maximum Gasteiger partial charge on any atom is 0.416 e. The van der Waals surface area contributed by atoms with E-state index >= 15 is 0 Å². The molecule has 4 aromatic rings. The van der Waals surface area contributed by atoms with Crippen LogP contribution in [0.15, 0.2) is 79.4 Å². The summed E-state index contributed by atoms with van der Waals surface area (Å²) in [6.07, 6.45) is -0.0521. The topological polar surface area (TPSA) is 103 Å². The molecule has 0 fully saturated rings. The normalized spacial score (nSPS) is 11.1. The van der Waals surface area contributed by atoms with Crippen LogP contribution in [0.2, 0.25) is 0 Å². The average molecular weight is 451 g/mol. The number of carbonyl (C=O) groups excluding carboxylic acids is 1. The third-order valence-corrected chi connectivity index (χ3v) is 4.48. The van der Waals surface area contributed by atoms with Gasteiger partial charge in [0.2, 0.25) is 5.88 Å². The van der Waals surface area contributed by atoms with E-state index in [4.69, 9.17) is 10.5 Å². The highest BCUT2D eigenvalue weighted by molar-refractivity contribution is 6.04. The molecule has 0 aliphatic heterocycles. The van der Waals surface area contributed by atoms with Crippen molar-refractivity contribution in [2.45, 2.75) is 6.18 Å². The Labute approximate surface area is 186 Å². The third kappa shape index (κ3) is 5.24. The fraction of sp³-hybridized carbons (Fsp3) is 0.0435. The van der Waals surface area contributed by atoms with Crippen LogP contribution in [0.3, 0.4) is 0 Å². The second-order valence-electron chi connectivity index (χ2n) is 6.88. The Bertz CT molecular complexity index is 1300. The lowest BCUT2D eigenvalue weighted by Gasteiger charge is -2.12. The van der Waals surface area contributed by atoms with Gasteiger partial charge in [-0.3, -0.25) is 4.79 Å². The van der Waals surface area contributed by atoms with Crippen molar-refractivity contribution < 1.29 is 22.7 Å². The molecule has 0 unspecified atom stereocenters. The van der Waals surface area contributed by atoms with Gasteiger partial charge in [-0.25, -0.2) is 15.0 Å². The number of nitrogens with one attached hydrogen (secondary N) is 1. The molecule has 1 amide bonds. The van der Waals surface area contributed by atoms with Crippen molar-refractivity contribution in [1.82, 2.24) is 15.0 Å². The van der Waals surface area contributed by atoms with Crippen LogP contribution < -0.4 is 15.8 Å². The fourth-order valence-corrected chi connectivity index (χ4v) is 3.02. The Morgan fingerprint density at radius 1 is 0.970 bits per heavy atom. The zero-order valence-corrected chi connectivity index (χ0v) is 16.9. The first-order valence-corrected chi connectivity index (χ1v) is 9.58. The molecule has 0 aliphatic rings. The molecule has 2 heterocycles. The number of hydrogen-bond acceptors (Lipinski definition) is 6. The number of alkyl halides is 3. The van der Waals surface area contributed by atoms with Gasteiger partial charge in [0.15, 0.2) is 0 Å². The highest BCUT2D eigenvalue weighted by Crippen LogP contribution is 2.33. The quantitative estimate of drug-likeness (QED) is 0.405. The van der Waals surface area contributed by atoms with E-state index in [1.165, 1.54) is 24.5 Å². The first-order valence-electron chi connectivity index (χ1n) is 9.58. The van der Waals surface area contributed by atoms with Gasteiger partial charge in [-0.05, 0) is 54.6 Å². The van der Waals surface area contributed by atoms with Gasteiger partial charge in [0, 0.05) is 29.3 Å². The van der Waals surface area contributed by atoms with Crippen molar-refractivity contribution in [1.29, 1.82) is 0 Å². The van der Waals surface area contributed by atoms with Crippen molar-refractivity contribution in [3.8, 4) is 22.9 Å². The number of ether oxygens (including phenoxy) is 1. The molecule has 0 saturated carbocycles. The summed E-state index contributed by atoms with van der Waals surface area (Å²) < 4.78 is 44.9. The van der Waals surface area contributed by atoms with Crippen LogP contribution in [0.25, 0.3) is 11.3 Å². The molecule has 3 N–H and O–H groups in total. The van der Waals surface area contributed by atoms with Crippen LogP contribution >= 0.6 is 0 Å². The first kappa shape index (κ1) is 21.8. The van der Waals surface area contributed by atoms with E-state index in [1.807, 2.05) is 0 Å². The summed E-state index contributed by atoms with van der Waals surface area (Å²) in [6.45, 7) is 0. The van der Waals surface area contributed by atoms with E-state index in [0.29, 0.717) is 17.0 Å². The van der Waals surface area contributed by atoms with Gasteiger partial charge in [-0.2, -0.15) is 13.2 Å². The molecule has 0 spiro atoms. The zero-order chi connectivity index (χ0) is 23.4. The van der Waals surface area contributed by atoms with Crippen molar-refractivity contribution in [3.05, 3.63) is 90.5 Å². The molecule has 0 aliphatic carbocycles. The SMILES string of the molecule is Nc1cc(NC(=O)c2cccc(Oc3ncccc3-c3ccncn3)c2)cc(C(F)(F)F)c1. The van der Waals surface area contributed by atoms with Gasteiger partial charge in [0.25, 0.3) is 5.91 Å². The van der Waals surface area contributed by atoms with E-state index in [2.05, 4.69) is 20.3 Å². The molecule has 0 radical (unpaired) electrons. The monoisotopic (exact) mass is 451 g/mol. The van der Waals surface area contributed by atoms with E-state index in [-0.39, 0.29) is 22.8 Å². The summed E-state index contributed by atoms with van der Waals surface area (Å²) in [5.74, 6) is -0.0594. The van der Waals surface area contributed by atoms with Crippen molar-refractivity contribution in [3.63, 3.8) is 0 Å². The smallest absolute Gasteiger partial charge is 0.416 e. The number of pyridine rings is 1. The summed E-state index contributed by atoms with van der Waals surface area (Å²) in [6, 6.07) is 14.2. The van der Waals surface area contributed by atoms with Crippen LogP contribution in [0.1, 0.15) is 15.9 Å². The molecule has 2 aromatic carbocycles. The number of nitrogen functional groups attached to an aromatic ring is 1. The van der Waals surface area contributed by atoms with Crippen molar-refractivity contribution >= 4 is 17.3 Å². The Balaban J connectivity index is 1.56. The van der Waals surface area contributed by atoms with Crippen LogP contribution in [0.5, 0.6) is 11.6 Å². The van der Waals surface area contributed by atoms with E-state index in [9.17, 15) is 18.0 Å². The molecule has 0 atom stereocenters. The molecule has 7 nitrogen and oxygen atoms in total. The van der Waals surface area contributed by atoms with Crippen molar-refractivity contribution in [2.75, 3.05) is 11.1 Å². The fourth-order valence-electron chi connectivity index (χ4n) is 3.02. The average Bonchev–Trinajstić information content (AvgIpc) is 2.79. The molecule has 4 rings (SSSR count). The number of carbonyl (C=O) groups is 1. The third-order valence-electron chi connectivity index (χ3n) is 4.48. The number of nitrogens with zero attached hydrogens (tertiary/aromatic N) is 3. The van der Waals surface area contributed by atoms with E-state index in [1.54, 1.807) is 42.7 Å². The summed E-state index contributed by atoms with van der Waals surface area (Å²) in [5.41, 5.74) is 5.79. The molecule has 166 valence electrons. The number of nitrogens with two attached hydrogens (primary N) is 1. The number of hydrogen-bond donors (Lipinski definition) is 2. The molecule has 0 bridgehead atoms. The second-order valence-corrected chi connectivity index (χ2v) is 6.88. The number of halogens is 3. The largest absolute Gasteiger partial charge is 0.438 e. The predicted molar refractivity (Wildman–Crippen MR) is 116 cm³/mol. The van der Waals surface area contributed by atoms with Gasteiger partial charge >= 0.3 is 6.18 Å². The lowest BCUT2D eigenvalue weighted by atomic mass is 10.1. The number of amides is 1. The van der Waals surface area contributed by atoms with Gasteiger partial charge < -0.3 is 15.8 Å². The lowest BCUT2D eigenvalue weighted by Crippen LogP contribution is -2.14. The summed E-state index contributed by atoms with van der Waals surface area (Å²) >= 11 is 0.